The quantitative estimate of drug-likeness (QED) is 0.798. The predicted octanol–water partition coefficient (Wildman–Crippen LogP) is 2.05. The van der Waals surface area contributed by atoms with Gasteiger partial charge in [0.1, 0.15) is 18.5 Å². The van der Waals surface area contributed by atoms with Crippen LogP contribution in [0.25, 0.3) is 5.82 Å². The Labute approximate surface area is 119 Å². The molecule has 6 nitrogen and oxygen atoms in total. The van der Waals surface area contributed by atoms with E-state index < -0.39 is 11.7 Å². The second-order valence-corrected chi connectivity index (χ2v) is 4.18. The summed E-state index contributed by atoms with van der Waals surface area (Å²) in [4.78, 5) is 20.3. The van der Waals surface area contributed by atoms with Crippen LogP contribution in [0.1, 0.15) is 10.4 Å². The summed E-state index contributed by atoms with van der Waals surface area (Å²) in [6, 6.07) is 8.92. The van der Waals surface area contributed by atoms with Crippen molar-refractivity contribution < 1.29 is 9.18 Å². The van der Waals surface area contributed by atoms with Crippen LogP contribution in [0.3, 0.4) is 0 Å². The van der Waals surface area contributed by atoms with Gasteiger partial charge in [0.05, 0.1) is 5.56 Å². The molecule has 3 aromatic rings. The number of anilines is 1. The Bertz CT molecular complexity index is 773. The first-order valence-electron chi connectivity index (χ1n) is 6.11. The average Bonchev–Trinajstić information content (AvgIpc) is 3.01. The van der Waals surface area contributed by atoms with Crippen molar-refractivity contribution >= 4 is 11.6 Å². The Morgan fingerprint density at radius 2 is 2.14 bits per heavy atom. The van der Waals surface area contributed by atoms with E-state index in [1.807, 2.05) is 0 Å². The number of carbonyl (C=O) groups excluding carboxylic acids is 1. The molecule has 0 aliphatic rings. The molecular formula is C14H10FN5O. The molecule has 2 heterocycles. The van der Waals surface area contributed by atoms with Crippen molar-refractivity contribution in [1.82, 2.24) is 19.7 Å². The molecule has 0 saturated heterocycles. The molecule has 104 valence electrons. The molecule has 0 aliphatic carbocycles. The SMILES string of the molecule is O=C(Nc1cccc(F)c1)c1cccnc1-n1cncn1. The van der Waals surface area contributed by atoms with Crippen molar-refractivity contribution in [3.63, 3.8) is 0 Å². The van der Waals surface area contributed by atoms with E-state index in [-0.39, 0.29) is 0 Å². The highest BCUT2D eigenvalue weighted by Gasteiger charge is 2.14. The Kier molecular flexibility index (Phi) is 3.38. The number of carbonyl (C=O) groups is 1. The second kappa shape index (κ2) is 5.49. The number of halogens is 1. The van der Waals surface area contributed by atoms with Crippen LogP contribution in [0.2, 0.25) is 0 Å². The van der Waals surface area contributed by atoms with Gasteiger partial charge < -0.3 is 5.32 Å². The molecule has 0 radical (unpaired) electrons. The van der Waals surface area contributed by atoms with Gasteiger partial charge in [0, 0.05) is 11.9 Å². The van der Waals surface area contributed by atoms with E-state index in [2.05, 4.69) is 20.4 Å². The minimum atomic E-state index is -0.421. The largest absolute Gasteiger partial charge is 0.322 e. The highest BCUT2D eigenvalue weighted by atomic mass is 19.1. The number of pyridine rings is 1. The highest BCUT2D eigenvalue weighted by Crippen LogP contribution is 2.14. The molecule has 0 spiro atoms. The van der Waals surface area contributed by atoms with Gasteiger partial charge in [0.2, 0.25) is 0 Å². The molecule has 0 saturated carbocycles. The van der Waals surface area contributed by atoms with Gasteiger partial charge in [-0.1, -0.05) is 6.07 Å². The normalized spacial score (nSPS) is 10.3. The zero-order valence-corrected chi connectivity index (χ0v) is 10.8. The Morgan fingerprint density at radius 1 is 1.24 bits per heavy atom. The number of nitrogens with one attached hydrogen (secondary N) is 1. The minimum Gasteiger partial charge on any atom is -0.322 e. The van der Waals surface area contributed by atoms with Gasteiger partial charge in [-0.25, -0.2) is 19.0 Å². The van der Waals surface area contributed by atoms with E-state index in [4.69, 9.17) is 0 Å². The molecular weight excluding hydrogens is 273 g/mol. The molecule has 3 rings (SSSR count). The summed E-state index contributed by atoms with van der Waals surface area (Å²) in [5, 5.41) is 6.57. The van der Waals surface area contributed by atoms with Crippen LogP contribution < -0.4 is 5.32 Å². The Balaban J connectivity index is 1.92. The summed E-state index contributed by atoms with van der Waals surface area (Å²) in [6.45, 7) is 0. The van der Waals surface area contributed by atoms with Gasteiger partial charge in [-0.15, -0.1) is 0 Å². The lowest BCUT2D eigenvalue weighted by Crippen LogP contribution is -2.16. The number of amides is 1. The molecule has 0 bridgehead atoms. The van der Waals surface area contributed by atoms with Gasteiger partial charge in [-0.2, -0.15) is 5.10 Å². The van der Waals surface area contributed by atoms with Crippen LogP contribution >= 0.6 is 0 Å². The third-order valence-electron chi connectivity index (χ3n) is 2.75. The molecule has 7 heteroatoms. The van der Waals surface area contributed by atoms with Crippen LogP contribution in [0.4, 0.5) is 10.1 Å². The van der Waals surface area contributed by atoms with Crippen molar-refractivity contribution in [1.29, 1.82) is 0 Å². The fraction of sp³-hybridized carbons (Fsp3) is 0. The third kappa shape index (κ3) is 2.76. The van der Waals surface area contributed by atoms with Crippen molar-refractivity contribution in [2.24, 2.45) is 0 Å². The zero-order valence-electron chi connectivity index (χ0n) is 10.8. The minimum absolute atomic E-state index is 0.312. The Hall–Kier alpha value is -3.09. The number of nitrogens with zero attached hydrogens (tertiary/aromatic N) is 4. The maximum absolute atomic E-state index is 13.1. The number of benzene rings is 1. The summed E-state index contributed by atoms with van der Waals surface area (Å²) < 4.78 is 14.5. The number of aromatic nitrogens is 4. The standard InChI is InChI=1S/C14H10FN5O/c15-10-3-1-4-11(7-10)19-14(21)12-5-2-6-17-13(12)20-9-16-8-18-20/h1-9H,(H,19,21). The number of hydrogen-bond donors (Lipinski definition) is 1. The average molecular weight is 283 g/mol. The van der Waals surface area contributed by atoms with Crippen LogP contribution in [0.5, 0.6) is 0 Å². The van der Waals surface area contributed by atoms with E-state index in [1.54, 1.807) is 24.4 Å². The topological polar surface area (TPSA) is 72.7 Å². The lowest BCUT2D eigenvalue weighted by molar-refractivity contribution is 0.102. The molecule has 0 atom stereocenters. The monoisotopic (exact) mass is 283 g/mol. The van der Waals surface area contributed by atoms with Gasteiger partial charge >= 0.3 is 0 Å². The van der Waals surface area contributed by atoms with E-state index in [1.165, 1.54) is 35.5 Å². The summed E-state index contributed by atoms with van der Waals surface area (Å²) in [5.74, 6) is -0.474. The van der Waals surface area contributed by atoms with Gasteiger partial charge in [0.15, 0.2) is 5.82 Å². The van der Waals surface area contributed by atoms with Crippen molar-refractivity contribution in [2.45, 2.75) is 0 Å². The molecule has 1 N–H and O–H groups in total. The van der Waals surface area contributed by atoms with Crippen LogP contribution in [-0.2, 0) is 0 Å². The lowest BCUT2D eigenvalue weighted by Gasteiger charge is -2.08. The zero-order chi connectivity index (χ0) is 14.7. The van der Waals surface area contributed by atoms with E-state index >= 15 is 0 Å². The second-order valence-electron chi connectivity index (χ2n) is 4.18. The fourth-order valence-corrected chi connectivity index (χ4v) is 1.84. The molecule has 0 aliphatic heterocycles. The van der Waals surface area contributed by atoms with Crippen molar-refractivity contribution in [2.75, 3.05) is 5.32 Å². The smallest absolute Gasteiger partial charge is 0.259 e. The fourth-order valence-electron chi connectivity index (χ4n) is 1.84. The molecule has 0 fully saturated rings. The maximum atomic E-state index is 13.1. The highest BCUT2D eigenvalue weighted by molar-refractivity contribution is 6.06. The number of hydrogen-bond acceptors (Lipinski definition) is 4. The summed E-state index contributed by atoms with van der Waals surface area (Å²) in [7, 11) is 0. The first-order chi connectivity index (χ1) is 10.2. The number of rotatable bonds is 3. The first kappa shape index (κ1) is 12.9. The van der Waals surface area contributed by atoms with E-state index in [0.29, 0.717) is 17.1 Å². The first-order valence-corrected chi connectivity index (χ1v) is 6.11. The van der Waals surface area contributed by atoms with Crippen LogP contribution in [0, 0.1) is 5.82 Å². The molecule has 2 aromatic heterocycles. The maximum Gasteiger partial charge on any atom is 0.259 e. The lowest BCUT2D eigenvalue weighted by atomic mass is 10.2. The third-order valence-corrected chi connectivity index (χ3v) is 2.75. The molecule has 1 aromatic carbocycles. The van der Waals surface area contributed by atoms with E-state index in [0.717, 1.165) is 0 Å². The van der Waals surface area contributed by atoms with Crippen molar-refractivity contribution in [3.8, 4) is 5.82 Å². The van der Waals surface area contributed by atoms with Gasteiger partial charge in [-0.3, -0.25) is 4.79 Å². The molecule has 0 unspecified atom stereocenters. The predicted molar refractivity (Wildman–Crippen MR) is 73.5 cm³/mol. The molecule has 21 heavy (non-hydrogen) atoms. The summed E-state index contributed by atoms with van der Waals surface area (Å²) in [6.07, 6.45) is 4.35. The van der Waals surface area contributed by atoms with Gasteiger partial charge in [-0.05, 0) is 30.3 Å². The molecule has 1 amide bonds. The van der Waals surface area contributed by atoms with Crippen LogP contribution in [0.15, 0.2) is 55.2 Å². The summed E-state index contributed by atoms with van der Waals surface area (Å²) in [5.41, 5.74) is 0.681. The Morgan fingerprint density at radius 3 is 2.90 bits per heavy atom. The van der Waals surface area contributed by atoms with Gasteiger partial charge in [0.25, 0.3) is 5.91 Å². The van der Waals surface area contributed by atoms with Crippen LogP contribution in [-0.4, -0.2) is 25.7 Å². The summed E-state index contributed by atoms with van der Waals surface area (Å²) >= 11 is 0. The van der Waals surface area contributed by atoms with Crippen molar-refractivity contribution in [3.05, 3.63) is 66.6 Å². The van der Waals surface area contributed by atoms with E-state index in [9.17, 15) is 9.18 Å².